The van der Waals surface area contributed by atoms with Gasteiger partial charge in [-0.05, 0) is 62.1 Å². The van der Waals surface area contributed by atoms with Crippen LogP contribution in [0.2, 0.25) is 0 Å². The molecule has 1 amide bonds. The lowest BCUT2D eigenvalue weighted by atomic mass is 9.98. The van der Waals surface area contributed by atoms with E-state index in [4.69, 9.17) is 20.6 Å². The number of halogens is 3. The van der Waals surface area contributed by atoms with E-state index >= 15 is 0 Å². The Bertz CT molecular complexity index is 1040. The fourth-order valence-electron chi connectivity index (χ4n) is 3.54. The number of amidine groups is 1. The SMILES string of the molecule is N=C(N)c1cccc(OCCN(OC(=O)C(F)(F)F)C(=O)c2ccc(OC3CCCCC3)cc2)c1. The Hall–Kier alpha value is -3.76. The van der Waals surface area contributed by atoms with Gasteiger partial charge in [-0.25, -0.2) is 4.79 Å². The Morgan fingerprint density at radius 1 is 1.00 bits per heavy atom. The molecule has 0 spiro atoms. The summed E-state index contributed by atoms with van der Waals surface area (Å²) in [7, 11) is 0. The summed E-state index contributed by atoms with van der Waals surface area (Å²) in [6.07, 6.45) is 0.0321. The molecule has 0 aliphatic heterocycles. The van der Waals surface area contributed by atoms with Crippen LogP contribution in [0, 0.1) is 5.41 Å². The summed E-state index contributed by atoms with van der Waals surface area (Å²) >= 11 is 0. The summed E-state index contributed by atoms with van der Waals surface area (Å²) in [5, 5.41) is 7.75. The van der Waals surface area contributed by atoms with Gasteiger partial charge in [-0.2, -0.15) is 18.2 Å². The molecule has 188 valence electrons. The number of nitrogen functional groups attached to an aromatic ring is 1. The van der Waals surface area contributed by atoms with Crippen molar-refractivity contribution in [1.29, 1.82) is 5.41 Å². The van der Waals surface area contributed by atoms with Crippen molar-refractivity contribution in [2.24, 2.45) is 5.73 Å². The summed E-state index contributed by atoms with van der Waals surface area (Å²) in [5.74, 6) is -2.85. The third-order valence-electron chi connectivity index (χ3n) is 5.32. The molecule has 11 heteroatoms. The van der Waals surface area contributed by atoms with Gasteiger partial charge in [-0.1, -0.05) is 18.6 Å². The van der Waals surface area contributed by atoms with E-state index in [9.17, 15) is 22.8 Å². The number of hydrogen-bond donors (Lipinski definition) is 2. The van der Waals surface area contributed by atoms with Gasteiger partial charge in [0, 0.05) is 11.1 Å². The number of hydrogen-bond acceptors (Lipinski definition) is 6. The predicted octanol–water partition coefficient (Wildman–Crippen LogP) is 4.22. The van der Waals surface area contributed by atoms with Gasteiger partial charge in [0.25, 0.3) is 5.91 Å². The number of nitrogens with zero attached hydrogens (tertiary/aromatic N) is 1. The van der Waals surface area contributed by atoms with E-state index in [-0.39, 0.29) is 29.9 Å². The van der Waals surface area contributed by atoms with Crippen LogP contribution in [0.1, 0.15) is 48.0 Å². The zero-order chi connectivity index (χ0) is 25.4. The summed E-state index contributed by atoms with van der Waals surface area (Å²) in [6.45, 7) is -0.771. The molecule has 3 N–H and O–H groups in total. The molecule has 1 fully saturated rings. The van der Waals surface area contributed by atoms with Crippen molar-refractivity contribution in [2.75, 3.05) is 13.2 Å². The lowest BCUT2D eigenvalue weighted by Crippen LogP contribution is -2.40. The van der Waals surface area contributed by atoms with Crippen LogP contribution in [-0.2, 0) is 9.63 Å². The van der Waals surface area contributed by atoms with E-state index in [0.717, 1.165) is 25.7 Å². The van der Waals surface area contributed by atoms with E-state index in [1.807, 2.05) is 0 Å². The average molecular weight is 493 g/mol. The molecule has 0 atom stereocenters. The monoisotopic (exact) mass is 493 g/mol. The fourth-order valence-corrected chi connectivity index (χ4v) is 3.54. The molecule has 2 aromatic carbocycles. The summed E-state index contributed by atoms with van der Waals surface area (Å²) in [6, 6.07) is 12.1. The van der Waals surface area contributed by atoms with Gasteiger partial charge in [0.1, 0.15) is 23.9 Å². The lowest BCUT2D eigenvalue weighted by Gasteiger charge is -2.23. The molecule has 0 aromatic heterocycles. The third kappa shape index (κ3) is 7.62. The second-order valence-corrected chi connectivity index (χ2v) is 7.98. The smallest absolute Gasteiger partial charge is 0.492 e. The average Bonchev–Trinajstić information content (AvgIpc) is 2.83. The number of rotatable bonds is 8. The normalized spacial score (nSPS) is 14.1. The Kier molecular flexibility index (Phi) is 8.56. The molecule has 0 bridgehead atoms. The number of ether oxygens (including phenoxy) is 2. The van der Waals surface area contributed by atoms with Gasteiger partial charge in [0.15, 0.2) is 0 Å². The molecular weight excluding hydrogens is 467 g/mol. The van der Waals surface area contributed by atoms with E-state index < -0.39 is 24.6 Å². The highest BCUT2D eigenvalue weighted by molar-refractivity contribution is 5.95. The van der Waals surface area contributed by atoms with Gasteiger partial charge in [-0.15, -0.1) is 0 Å². The number of nitrogens with two attached hydrogens (primary N) is 1. The maximum Gasteiger partial charge on any atom is 0.493 e. The number of carbonyl (C=O) groups is 2. The molecule has 3 rings (SSSR count). The van der Waals surface area contributed by atoms with Crippen molar-refractivity contribution in [3.8, 4) is 11.5 Å². The van der Waals surface area contributed by atoms with E-state index in [1.165, 1.54) is 24.6 Å². The second kappa shape index (κ2) is 11.6. The fraction of sp³-hybridized carbons (Fsp3) is 0.375. The first-order valence-electron chi connectivity index (χ1n) is 11.1. The molecule has 0 heterocycles. The van der Waals surface area contributed by atoms with Gasteiger partial charge in [0.05, 0.1) is 12.6 Å². The summed E-state index contributed by atoms with van der Waals surface area (Å²) in [5.41, 5.74) is 5.82. The molecule has 0 unspecified atom stereocenters. The number of nitrogens with one attached hydrogen (secondary N) is 1. The maximum absolute atomic E-state index is 12.8. The highest BCUT2D eigenvalue weighted by Gasteiger charge is 2.43. The van der Waals surface area contributed by atoms with Gasteiger partial charge >= 0.3 is 12.1 Å². The van der Waals surface area contributed by atoms with E-state index in [2.05, 4.69) is 4.84 Å². The van der Waals surface area contributed by atoms with Crippen LogP contribution in [0.4, 0.5) is 13.2 Å². The Morgan fingerprint density at radius 3 is 2.31 bits per heavy atom. The lowest BCUT2D eigenvalue weighted by molar-refractivity contribution is -0.229. The highest BCUT2D eigenvalue weighted by Crippen LogP contribution is 2.24. The van der Waals surface area contributed by atoms with Crippen LogP contribution < -0.4 is 15.2 Å². The number of carbonyl (C=O) groups excluding carboxylic acids is 2. The van der Waals surface area contributed by atoms with Crippen molar-refractivity contribution < 1.29 is 37.1 Å². The van der Waals surface area contributed by atoms with Crippen LogP contribution in [0.3, 0.4) is 0 Å². The molecule has 8 nitrogen and oxygen atoms in total. The van der Waals surface area contributed by atoms with Crippen molar-refractivity contribution in [1.82, 2.24) is 5.06 Å². The van der Waals surface area contributed by atoms with Crippen molar-refractivity contribution in [3.05, 3.63) is 59.7 Å². The molecule has 0 radical (unpaired) electrons. The molecule has 1 aliphatic carbocycles. The van der Waals surface area contributed by atoms with E-state index in [0.29, 0.717) is 16.4 Å². The first-order valence-corrected chi connectivity index (χ1v) is 11.1. The van der Waals surface area contributed by atoms with Crippen LogP contribution in [0.5, 0.6) is 11.5 Å². The summed E-state index contributed by atoms with van der Waals surface area (Å²) < 4.78 is 49.6. The molecule has 1 saturated carbocycles. The van der Waals surface area contributed by atoms with Gasteiger partial charge < -0.3 is 20.0 Å². The Morgan fingerprint density at radius 2 is 1.69 bits per heavy atom. The largest absolute Gasteiger partial charge is 0.493 e. The Balaban J connectivity index is 1.67. The Labute approximate surface area is 200 Å². The minimum atomic E-state index is -5.28. The van der Waals surface area contributed by atoms with Gasteiger partial charge in [-0.3, -0.25) is 10.2 Å². The molecular formula is C24H26F3N3O5. The van der Waals surface area contributed by atoms with Crippen molar-refractivity contribution in [2.45, 2.75) is 44.4 Å². The maximum atomic E-state index is 12.8. The van der Waals surface area contributed by atoms with Gasteiger partial charge in [0.2, 0.25) is 0 Å². The summed E-state index contributed by atoms with van der Waals surface area (Å²) in [4.78, 5) is 28.6. The van der Waals surface area contributed by atoms with Crippen molar-refractivity contribution in [3.63, 3.8) is 0 Å². The minimum Gasteiger partial charge on any atom is -0.492 e. The zero-order valence-corrected chi connectivity index (χ0v) is 18.8. The quantitative estimate of drug-likeness (QED) is 0.323. The topological polar surface area (TPSA) is 115 Å². The standard InChI is InChI=1S/C24H26F3N3O5/c25-24(26,27)23(32)35-30(13-14-33-20-8-4-5-17(15-20)21(28)29)22(31)16-9-11-19(12-10-16)34-18-6-2-1-3-7-18/h4-5,8-12,15,18H,1-3,6-7,13-14H2,(H3,28,29). The number of benzene rings is 2. The van der Waals surface area contributed by atoms with Crippen LogP contribution in [-0.4, -0.2) is 48.2 Å². The van der Waals surface area contributed by atoms with Crippen LogP contribution >= 0.6 is 0 Å². The third-order valence-corrected chi connectivity index (χ3v) is 5.32. The molecule has 1 aliphatic rings. The second-order valence-electron chi connectivity index (χ2n) is 7.98. The van der Waals surface area contributed by atoms with Crippen LogP contribution in [0.15, 0.2) is 48.5 Å². The number of amides is 1. The van der Waals surface area contributed by atoms with Crippen LogP contribution in [0.25, 0.3) is 0 Å². The number of hydroxylamine groups is 2. The van der Waals surface area contributed by atoms with E-state index in [1.54, 1.807) is 30.3 Å². The number of alkyl halides is 3. The molecule has 35 heavy (non-hydrogen) atoms. The molecule has 2 aromatic rings. The molecule has 0 saturated heterocycles. The predicted molar refractivity (Wildman–Crippen MR) is 120 cm³/mol. The first-order chi connectivity index (χ1) is 16.6. The zero-order valence-electron chi connectivity index (χ0n) is 18.8. The minimum absolute atomic E-state index is 0.00884. The highest BCUT2D eigenvalue weighted by atomic mass is 19.4. The first kappa shape index (κ1) is 25.9. The van der Waals surface area contributed by atoms with Crippen molar-refractivity contribution >= 4 is 17.7 Å².